The van der Waals surface area contributed by atoms with E-state index in [1.54, 1.807) is 23.7 Å². The van der Waals surface area contributed by atoms with E-state index in [9.17, 15) is 21.2 Å². The first-order valence-electron chi connectivity index (χ1n) is 8.95. The molecule has 2 aromatic carbocycles. The molecule has 0 fully saturated rings. The van der Waals surface area contributed by atoms with Crippen LogP contribution in [0, 0.1) is 5.82 Å². The zero-order chi connectivity index (χ0) is 22.8. The fraction of sp³-hybridized carbons (Fsp3) is 0.211. The molecular weight excluding hydrogens is 463 g/mol. The molecule has 3 rings (SSSR count). The lowest BCUT2D eigenvalue weighted by atomic mass is 10.2. The van der Waals surface area contributed by atoms with Gasteiger partial charge in [-0.05, 0) is 36.4 Å². The zero-order valence-corrected chi connectivity index (χ0v) is 19.4. The SMILES string of the molecule is CN(Cc1cncs1)c1c(F)cccc1NS(=O)(=O)c1ccc(S(=O)(=O)N(C)C)cc1. The van der Waals surface area contributed by atoms with Crippen LogP contribution in [0.4, 0.5) is 15.8 Å². The second kappa shape index (κ2) is 8.91. The molecule has 0 aliphatic carbocycles. The highest BCUT2D eigenvalue weighted by Crippen LogP contribution is 2.32. The van der Waals surface area contributed by atoms with Crippen molar-refractivity contribution in [2.45, 2.75) is 16.3 Å². The van der Waals surface area contributed by atoms with Crippen LogP contribution in [0.15, 0.2) is 64.0 Å². The number of halogens is 1. The van der Waals surface area contributed by atoms with Crippen LogP contribution in [0.1, 0.15) is 4.88 Å². The third-order valence-electron chi connectivity index (χ3n) is 4.40. The molecule has 1 aromatic heterocycles. The molecular formula is C19H21FN4O4S3. The van der Waals surface area contributed by atoms with E-state index in [2.05, 4.69) is 9.71 Å². The Hall–Kier alpha value is -2.54. The Morgan fingerprint density at radius 2 is 1.65 bits per heavy atom. The van der Waals surface area contributed by atoms with Crippen LogP contribution in [0.25, 0.3) is 0 Å². The number of hydrogen-bond acceptors (Lipinski definition) is 7. The lowest BCUT2D eigenvalue weighted by molar-refractivity contribution is 0.520. The van der Waals surface area contributed by atoms with Crippen molar-refractivity contribution in [1.29, 1.82) is 0 Å². The van der Waals surface area contributed by atoms with Gasteiger partial charge in [0.05, 0.1) is 33.2 Å². The standard InChI is InChI=1S/C19H21FN4O4S3/c1-23(2)31(27,28)16-9-7-15(8-10-16)30(25,26)22-18-6-4-5-17(20)19(18)24(3)12-14-11-21-13-29-14/h4-11,13,22H,12H2,1-3H3. The average Bonchev–Trinajstić information content (AvgIpc) is 3.20. The minimum atomic E-state index is -4.09. The van der Waals surface area contributed by atoms with Crippen LogP contribution < -0.4 is 9.62 Å². The maximum atomic E-state index is 14.6. The number of rotatable bonds is 8. The third-order valence-corrected chi connectivity index (χ3v) is 8.38. The molecule has 31 heavy (non-hydrogen) atoms. The Balaban J connectivity index is 1.91. The molecule has 1 heterocycles. The molecule has 0 spiro atoms. The van der Waals surface area contributed by atoms with Gasteiger partial charge in [-0.1, -0.05) is 6.07 Å². The molecule has 166 valence electrons. The lowest BCUT2D eigenvalue weighted by Gasteiger charge is -2.23. The van der Waals surface area contributed by atoms with Crippen LogP contribution in [0.2, 0.25) is 0 Å². The van der Waals surface area contributed by atoms with Gasteiger partial charge in [0.2, 0.25) is 10.0 Å². The van der Waals surface area contributed by atoms with Gasteiger partial charge in [-0.2, -0.15) is 0 Å². The van der Waals surface area contributed by atoms with Gasteiger partial charge in [0.25, 0.3) is 10.0 Å². The largest absolute Gasteiger partial charge is 0.365 e. The van der Waals surface area contributed by atoms with Gasteiger partial charge in [0.1, 0.15) is 5.82 Å². The van der Waals surface area contributed by atoms with Crippen LogP contribution >= 0.6 is 11.3 Å². The number of aromatic nitrogens is 1. The number of benzene rings is 2. The molecule has 8 nitrogen and oxygen atoms in total. The first kappa shape index (κ1) is 23.1. The lowest BCUT2D eigenvalue weighted by Crippen LogP contribution is -2.22. The number of anilines is 2. The highest BCUT2D eigenvalue weighted by Gasteiger charge is 2.22. The predicted octanol–water partition coefficient (Wildman–Crippen LogP) is 2.97. The van der Waals surface area contributed by atoms with Crippen molar-refractivity contribution < 1.29 is 21.2 Å². The number of para-hydroxylation sites is 1. The van der Waals surface area contributed by atoms with E-state index < -0.39 is 25.9 Å². The smallest absolute Gasteiger partial charge is 0.261 e. The molecule has 0 aliphatic heterocycles. The Kier molecular flexibility index (Phi) is 6.65. The average molecular weight is 485 g/mol. The van der Waals surface area contributed by atoms with E-state index in [-0.39, 0.29) is 21.2 Å². The van der Waals surface area contributed by atoms with Crippen molar-refractivity contribution in [2.75, 3.05) is 30.8 Å². The maximum absolute atomic E-state index is 14.6. The Labute approximate surface area is 185 Å². The summed E-state index contributed by atoms with van der Waals surface area (Å²) in [6.07, 6.45) is 1.66. The molecule has 0 amide bonds. The number of hydrogen-bond donors (Lipinski definition) is 1. The van der Waals surface area contributed by atoms with E-state index in [0.717, 1.165) is 9.18 Å². The fourth-order valence-corrected chi connectivity index (χ4v) is 5.44. The summed E-state index contributed by atoms with van der Waals surface area (Å²) in [6, 6.07) is 8.93. The normalized spacial score (nSPS) is 12.2. The first-order chi connectivity index (χ1) is 14.5. The molecule has 0 atom stereocenters. The molecule has 0 bridgehead atoms. The van der Waals surface area contributed by atoms with Crippen LogP contribution in [0.3, 0.4) is 0 Å². The van der Waals surface area contributed by atoms with Crippen LogP contribution in [-0.2, 0) is 26.6 Å². The highest BCUT2D eigenvalue weighted by atomic mass is 32.2. The van der Waals surface area contributed by atoms with E-state index in [1.807, 2.05) is 0 Å². The summed E-state index contributed by atoms with van der Waals surface area (Å²) in [4.78, 5) is 6.28. The van der Waals surface area contributed by atoms with Gasteiger partial charge in [-0.25, -0.2) is 25.5 Å². The van der Waals surface area contributed by atoms with Crippen molar-refractivity contribution in [3.05, 3.63) is 64.9 Å². The van der Waals surface area contributed by atoms with Gasteiger partial charge in [0, 0.05) is 32.2 Å². The quantitative estimate of drug-likeness (QED) is 0.528. The molecule has 12 heteroatoms. The summed E-state index contributed by atoms with van der Waals surface area (Å²) in [5.74, 6) is -0.584. The van der Waals surface area contributed by atoms with Gasteiger partial charge < -0.3 is 4.90 Å². The van der Waals surface area contributed by atoms with Gasteiger partial charge >= 0.3 is 0 Å². The van der Waals surface area contributed by atoms with Crippen molar-refractivity contribution in [1.82, 2.24) is 9.29 Å². The van der Waals surface area contributed by atoms with Crippen molar-refractivity contribution in [3.8, 4) is 0 Å². The van der Waals surface area contributed by atoms with Crippen LogP contribution in [0.5, 0.6) is 0 Å². The summed E-state index contributed by atoms with van der Waals surface area (Å²) in [7, 11) is -3.36. The summed E-state index contributed by atoms with van der Waals surface area (Å²) in [5, 5.41) is 0. The summed E-state index contributed by atoms with van der Waals surface area (Å²) in [6.45, 7) is 0.345. The molecule has 0 radical (unpaired) electrons. The zero-order valence-electron chi connectivity index (χ0n) is 17.0. The van der Waals surface area contributed by atoms with Gasteiger partial charge in [-0.3, -0.25) is 9.71 Å². The van der Waals surface area contributed by atoms with Gasteiger partial charge in [0.15, 0.2) is 0 Å². The number of thiazole rings is 1. The summed E-state index contributed by atoms with van der Waals surface area (Å²) in [5.41, 5.74) is 1.82. The minimum absolute atomic E-state index is 0.0350. The van der Waals surface area contributed by atoms with Crippen molar-refractivity contribution in [3.63, 3.8) is 0 Å². The van der Waals surface area contributed by atoms with E-state index in [4.69, 9.17) is 0 Å². The summed E-state index contributed by atoms with van der Waals surface area (Å²) >= 11 is 1.41. The molecule has 0 saturated carbocycles. The Morgan fingerprint density at radius 3 is 2.23 bits per heavy atom. The molecule has 3 aromatic rings. The number of nitrogens with one attached hydrogen (secondary N) is 1. The highest BCUT2D eigenvalue weighted by molar-refractivity contribution is 7.92. The number of sulfonamides is 2. The minimum Gasteiger partial charge on any atom is -0.365 e. The molecule has 0 unspecified atom stereocenters. The molecule has 0 saturated heterocycles. The number of nitrogens with zero attached hydrogens (tertiary/aromatic N) is 3. The molecule has 0 aliphatic rings. The predicted molar refractivity (Wildman–Crippen MR) is 119 cm³/mol. The fourth-order valence-electron chi connectivity index (χ4n) is 2.82. The topological polar surface area (TPSA) is 99.7 Å². The Morgan fingerprint density at radius 1 is 1.00 bits per heavy atom. The van der Waals surface area contributed by atoms with Crippen molar-refractivity contribution >= 4 is 42.8 Å². The molecule has 1 N–H and O–H groups in total. The van der Waals surface area contributed by atoms with Crippen molar-refractivity contribution in [2.24, 2.45) is 0 Å². The van der Waals surface area contributed by atoms with Crippen LogP contribution in [-0.4, -0.2) is 47.3 Å². The monoisotopic (exact) mass is 484 g/mol. The first-order valence-corrected chi connectivity index (χ1v) is 12.7. The van der Waals surface area contributed by atoms with Gasteiger partial charge in [-0.15, -0.1) is 11.3 Å². The van der Waals surface area contributed by atoms with E-state index >= 15 is 0 Å². The Bertz CT molecular complexity index is 1260. The maximum Gasteiger partial charge on any atom is 0.261 e. The van der Waals surface area contributed by atoms with E-state index in [1.165, 1.54) is 67.9 Å². The summed E-state index contributed by atoms with van der Waals surface area (Å²) < 4.78 is 68.2. The second-order valence-electron chi connectivity index (χ2n) is 6.82. The van der Waals surface area contributed by atoms with E-state index in [0.29, 0.717) is 6.54 Å². The second-order valence-corrected chi connectivity index (χ2v) is 11.6. The third kappa shape index (κ3) is 5.03.